The predicted molar refractivity (Wildman–Crippen MR) is 118 cm³/mol. The molecule has 0 aromatic heterocycles. The molecule has 0 saturated carbocycles. The second-order valence-electron chi connectivity index (χ2n) is 8.57. The van der Waals surface area contributed by atoms with E-state index in [4.69, 9.17) is 5.41 Å². The Morgan fingerprint density at radius 1 is 1.45 bits per heavy atom. The van der Waals surface area contributed by atoms with Crippen LogP contribution in [0, 0.1) is 23.2 Å². The first-order chi connectivity index (χ1) is 13.6. The monoisotopic (exact) mass is 403 g/mol. The van der Waals surface area contributed by atoms with Crippen molar-refractivity contribution in [3.05, 3.63) is 53.1 Å². The van der Waals surface area contributed by atoms with E-state index in [1.165, 1.54) is 6.08 Å². The predicted octanol–water partition coefficient (Wildman–Crippen LogP) is 5.05. The quantitative estimate of drug-likeness (QED) is 0.185. The van der Waals surface area contributed by atoms with Crippen LogP contribution in [0.3, 0.4) is 0 Å². The minimum atomic E-state index is -1.35. The zero-order valence-electron chi connectivity index (χ0n) is 18.3. The first-order valence-corrected chi connectivity index (χ1v) is 10.5. The second-order valence-corrected chi connectivity index (χ2v) is 8.57. The normalized spacial score (nSPS) is 23.1. The number of nitrogens with one attached hydrogen (secondary N) is 3. The van der Waals surface area contributed by atoms with E-state index in [1.54, 1.807) is 13.0 Å². The molecule has 2 aliphatic rings. The summed E-state index contributed by atoms with van der Waals surface area (Å²) in [5, 5.41) is 14.6. The van der Waals surface area contributed by atoms with Crippen LogP contribution in [0.15, 0.2) is 53.1 Å². The summed E-state index contributed by atoms with van der Waals surface area (Å²) < 4.78 is 29.3. The number of alkyl halides is 1. The Balaban J connectivity index is 1.72. The third-order valence-corrected chi connectivity index (χ3v) is 6.27. The van der Waals surface area contributed by atoms with Crippen molar-refractivity contribution in [1.82, 2.24) is 10.6 Å². The van der Waals surface area contributed by atoms with Gasteiger partial charge in [-0.25, -0.2) is 8.78 Å². The first kappa shape index (κ1) is 23.5. The minimum absolute atomic E-state index is 0.00322. The van der Waals surface area contributed by atoms with E-state index < -0.39 is 11.5 Å². The van der Waals surface area contributed by atoms with Crippen LogP contribution in [0.25, 0.3) is 0 Å². The lowest BCUT2D eigenvalue weighted by molar-refractivity contribution is 0.127. The van der Waals surface area contributed by atoms with Crippen LogP contribution in [0.5, 0.6) is 0 Å². The molecule has 1 aliphatic heterocycles. The highest BCUT2D eigenvalue weighted by atomic mass is 19.1. The van der Waals surface area contributed by atoms with Gasteiger partial charge in [-0.15, -0.1) is 12.3 Å². The molecule has 0 saturated heterocycles. The van der Waals surface area contributed by atoms with Crippen molar-refractivity contribution in [2.75, 3.05) is 19.6 Å². The molecular formula is C24H35F2N3. The molecule has 0 aromatic carbocycles. The summed E-state index contributed by atoms with van der Waals surface area (Å²) >= 11 is 0. The van der Waals surface area contributed by atoms with Gasteiger partial charge in [-0.2, -0.15) is 0 Å². The van der Waals surface area contributed by atoms with Crippen LogP contribution in [-0.2, 0) is 0 Å². The summed E-state index contributed by atoms with van der Waals surface area (Å²) in [7, 11) is 0. The van der Waals surface area contributed by atoms with E-state index in [0.29, 0.717) is 25.1 Å². The highest BCUT2D eigenvalue weighted by Crippen LogP contribution is 2.42. The molecule has 3 N–H and O–H groups in total. The SMILES string of the molecule is C=CC1NCC=C1C(C)C(=N)C(F)=CCCNCC1=C=C1C(C)(F)C(C)C(C)C. The maximum atomic E-state index is 15.0. The van der Waals surface area contributed by atoms with E-state index in [2.05, 4.69) is 22.9 Å². The first-order valence-electron chi connectivity index (χ1n) is 10.5. The Labute approximate surface area is 174 Å². The van der Waals surface area contributed by atoms with E-state index in [0.717, 1.165) is 17.7 Å². The van der Waals surface area contributed by atoms with E-state index >= 15 is 0 Å². The summed E-state index contributed by atoms with van der Waals surface area (Å²) in [6, 6.07) is 0.00735. The number of hydrogen-bond acceptors (Lipinski definition) is 3. The molecule has 1 aliphatic carbocycles. The molecule has 4 atom stereocenters. The van der Waals surface area contributed by atoms with Gasteiger partial charge in [-0.1, -0.05) is 39.8 Å². The molecule has 0 aromatic rings. The molecule has 0 amide bonds. The Morgan fingerprint density at radius 3 is 2.76 bits per heavy atom. The molecule has 0 fully saturated rings. The van der Waals surface area contributed by atoms with Gasteiger partial charge in [0, 0.05) is 36.2 Å². The van der Waals surface area contributed by atoms with Crippen molar-refractivity contribution in [2.24, 2.45) is 17.8 Å². The smallest absolute Gasteiger partial charge is 0.144 e. The fraction of sp³-hybridized carbons (Fsp3) is 0.583. The summed E-state index contributed by atoms with van der Waals surface area (Å²) in [5.41, 5.74) is 4.28. The van der Waals surface area contributed by atoms with Crippen LogP contribution >= 0.6 is 0 Å². The number of allylic oxidation sites excluding steroid dienone is 1. The largest absolute Gasteiger partial charge is 0.312 e. The molecule has 5 heteroatoms. The molecule has 1 heterocycles. The maximum absolute atomic E-state index is 15.0. The summed E-state index contributed by atoms with van der Waals surface area (Å²) in [6.07, 6.45) is 5.72. The summed E-state index contributed by atoms with van der Waals surface area (Å²) in [6.45, 7) is 15.1. The lowest BCUT2D eigenvalue weighted by Gasteiger charge is -2.29. The summed E-state index contributed by atoms with van der Waals surface area (Å²) in [4.78, 5) is 0. The van der Waals surface area contributed by atoms with Gasteiger partial charge in [0.2, 0.25) is 0 Å². The van der Waals surface area contributed by atoms with Crippen molar-refractivity contribution in [3.8, 4) is 0 Å². The standard InChI is InChI=1S/C24H35F2N3/c1-7-22-19(10-12-29-22)16(4)23(27)21(25)9-8-11-28-14-18-13-20(18)24(6,26)17(5)15(2)3/h7,9-10,15-17,22,27-29H,1,8,11-12,14H2,2-6H3. The Hall–Kier alpha value is -1.81. The zero-order chi connectivity index (χ0) is 21.8. The highest BCUT2D eigenvalue weighted by molar-refractivity contribution is 5.99. The topological polar surface area (TPSA) is 47.9 Å². The molecule has 0 spiro atoms. The van der Waals surface area contributed by atoms with Gasteiger partial charge in [0.25, 0.3) is 0 Å². The van der Waals surface area contributed by atoms with Gasteiger partial charge in [-0.3, -0.25) is 0 Å². The fourth-order valence-electron chi connectivity index (χ4n) is 3.74. The molecule has 2 rings (SSSR count). The molecular weight excluding hydrogens is 368 g/mol. The third kappa shape index (κ3) is 5.63. The van der Waals surface area contributed by atoms with Crippen LogP contribution in [0.2, 0.25) is 0 Å². The number of halogens is 2. The Kier molecular flexibility index (Phi) is 7.93. The number of rotatable bonds is 12. The van der Waals surface area contributed by atoms with Gasteiger partial charge in [0.15, 0.2) is 0 Å². The van der Waals surface area contributed by atoms with Gasteiger partial charge in [0.1, 0.15) is 11.5 Å². The Bertz CT molecular complexity index is 767. The molecule has 160 valence electrons. The molecule has 29 heavy (non-hydrogen) atoms. The van der Waals surface area contributed by atoms with Crippen molar-refractivity contribution in [2.45, 2.75) is 52.8 Å². The van der Waals surface area contributed by atoms with E-state index in [-0.39, 0.29) is 29.5 Å². The van der Waals surface area contributed by atoms with Crippen molar-refractivity contribution >= 4 is 5.71 Å². The highest BCUT2D eigenvalue weighted by Gasteiger charge is 2.42. The van der Waals surface area contributed by atoms with Crippen LogP contribution in [-0.4, -0.2) is 37.1 Å². The fourth-order valence-corrected chi connectivity index (χ4v) is 3.74. The second kappa shape index (κ2) is 9.80. The molecule has 0 bridgehead atoms. The maximum Gasteiger partial charge on any atom is 0.144 e. The minimum Gasteiger partial charge on any atom is -0.312 e. The van der Waals surface area contributed by atoms with Crippen molar-refractivity contribution < 1.29 is 8.78 Å². The van der Waals surface area contributed by atoms with Crippen LogP contribution in [0.1, 0.15) is 41.0 Å². The molecule has 3 nitrogen and oxygen atoms in total. The lowest BCUT2D eigenvalue weighted by Crippen LogP contribution is -2.32. The van der Waals surface area contributed by atoms with Gasteiger partial charge in [-0.05, 0) is 43.4 Å². The average Bonchev–Trinajstić information content (AvgIpc) is 3.32. The van der Waals surface area contributed by atoms with Crippen LogP contribution < -0.4 is 10.6 Å². The van der Waals surface area contributed by atoms with Crippen LogP contribution in [0.4, 0.5) is 8.78 Å². The van der Waals surface area contributed by atoms with E-state index in [9.17, 15) is 8.78 Å². The lowest BCUT2D eigenvalue weighted by atomic mass is 9.80. The van der Waals surface area contributed by atoms with Gasteiger partial charge in [0.05, 0.1) is 5.71 Å². The number of hydrogen-bond donors (Lipinski definition) is 3. The summed E-state index contributed by atoms with van der Waals surface area (Å²) in [5.74, 6) is -0.580. The molecule has 0 radical (unpaired) electrons. The average molecular weight is 404 g/mol. The van der Waals surface area contributed by atoms with Gasteiger partial charge >= 0.3 is 0 Å². The van der Waals surface area contributed by atoms with Crippen molar-refractivity contribution in [1.29, 1.82) is 5.41 Å². The Morgan fingerprint density at radius 2 is 2.14 bits per heavy atom. The zero-order valence-corrected chi connectivity index (χ0v) is 18.3. The van der Waals surface area contributed by atoms with Gasteiger partial charge < -0.3 is 16.0 Å². The third-order valence-electron chi connectivity index (χ3n) is 6.27. The molecule has 4 unspecified atom stereocenters. The van der Waals surface area contributed by atoms with E-state index in [1.807, 2.05) is 33.8 Å². The van der Waals surface area contributed by atoms with Crippen molar-refractivity contribution in [3.63, 3.8) is 0 Å².